The fourth-order valence-electron chi connectivity index (χ4n) is 3.10. The highest BCUT2D eigenvalue weighted by atomic mass is 16.3. The fraction of sp³-hybridized carbons (Fsp3) is 0.789. The summed E-state index contributed by atoms with van der Waals surface area (Å²) in [4.78, 5) is 9.49. The highest BCUT2D eigenvalue weighted by Gasteiger charge is 2.24. The first-order valence-corrected chi connectivity index (χ1v) is 10.1. The van der Waals surface area contributed by atoms with Gasteiger partial charge in [0.25, 0.3) is 0 Å². The van der Waals surface area contributed by atoms with Crippen molar-refractivity contribution in [2.45, 2.75) is 32.3 Å². The van der Waals surface area contributed by atoms with Gasteiger partial charge in [-0.15, -0.1) is 0 Å². The number of hydrogen-bond donors (Lipinski definition) is 3. The van der Waals surface area contributed by atoms with Crippen molar-refractivity contribution in [2.75, 3.05) is 59.4 Å². The molecule has 1 atom stereocenters. The number of rotatable bonds is 9. The van der Waals surface area contributed by atoms with Crippen LogP contribution in [-0.2, 0) is 12.6 Å². The minimum Gasteiger partial charge on any atom is -0.383 e. The predicted molar refractivity (Wildman–Crippen MR) is 110 cm³/mol. The van der Waals surface area contributed by atoms with Gasteiger partial charge in [0, 0.05) is 58.1 Å². The lowest BCUT2D eigenvalue weighted by Crippen LogP contribution is -2.44. The Kier molecular flexibility index (Phi) is 8.53. The number of aryl methyl sites for hydroxylation is 1. The highest BCUT2D eigenvalue weighted by molar-refractivity contribution is 5.79. The third kappa shape index (κ3) is 7.48. The van der Waals surface area contributed by atoms with Crippen LogP contribution in [0.4, 0.5) is 0 Å². The molecule has 2 rings (SSSR count). The zero-order chi connectivity index (χ0) is 19.7. The number of aromatic nitrogens is 2. The first kappa shape index (κ1) is 21.7. The second-order valence-electron chi connectivity index (χ2n) is 7.65. The molecule has 2 heterocycles. The summed E-state index contributed by atoms with van der Waals surface area (Å²) < 4.78 is 1.69. The first-order valence-electron chi connectivity index (χ1n) is 10.1. The summed E-state index contributed by atoms with van der Waals surface area (Å²) in [6, 6.07) is 0. The van der Waals surface area contributed by atoms with E-state index < -0.39 is 5.60 Å². The SMILES string of the molecule is CCNC(=NCC(C)(O)c1cnn(C)c1)NCCCCN1CCN(C)CC1. The van der Waals surface area contributed by atoms with Crippen LogP contribution < -0.4 is 10.6 Å². The van der Waals surface area contributed by atoms with Gasteiger partial charge in [0.15, 0.2) is 5.96 Å². The van der Waals surface area contributed by atoms with E-state index in [1.807, 2.05) is 20.2 Å². The molecule has 1 unspecified atom stereocenters. The second kappa shape index (κ2) is 10.6. The van der Waals surface area contributed by atoms with Crippen LogP contribution in [0.1, 0.15) is 32.3 Å². The molecule has 0 bridgehead atoms. The van der Waals surface area contributed by atoms with Gasteiger partial charge in [-0.3, -0.25) is 4.68 Å². The average Bonchev–Trinajstić information content (AvgIpc) is 3.08. The van der Waals surface area contributed by atoms with Crippen molar-refractivity contribution in [3.63, 3.8) is 0 Å². The molecule has 0 amide bonds. The molecular weight excluding hydrogens is 342 g/mol. The number of nitrogens with one attached hydrogen (secondary N) is 2. The van der Waals surface area contributed by atoms with Gasteiger partial charge in [0.05, 0.1) is 12.7 Å². The van der Waals surface area contributed by atoms with Gasteiger partial charge < -0.3 is 25.5 Å². The maximum Gasteiger partial charge on any atom is 0.191 e. The Morgan fingerprint density at radius 2 is 1.96 bits per heavy atom. The maximum absolute atomic E-state index is 10.7. The highest BCUT2D eigenvalue weighted by Crippen LogP contribution is 2.19. The van der Waals surface area contributed by atoms with Gasteiger partial charge in [0.1, 0.15) is 5.60 Å². The molecule has 8 heteroatoms. The fourth-order valence-corrected chi connectivity index (χ4v) is 3.10. The van der Waals surface area contributed by atoms with E-state index in [1.165, 1.54) is 39.1 Å². The smallest absolute Gasteiger partial charge is 0.191 e. The molecule has 1 aliphatic heterocycles. The van der Waals surface area contributed by atoms with E-state index >= 15 is 0 Å². The molecule has 1 aromatic rings. The number of aliphatic hydroxyl groups is 1. The number of nitrogens with zero attached hydrogens (tertiary/aromatic N) is 5. The average molecular weight is 380 g/mol. The van der Waals surface area contributed by atoms with E-state index in [9.17, 15) is 5.11 Å². The monoisotopic (exact) mass is 379 g/mol. The topological polar surface area (TPSA) is 80.9 Å². The lowest BCUT2D eigenvalue weighted by atomic mass is 10.0. The van der Waals surface area contributed by atoms with Crippen molar-refractivity contribution >= 4 is 5.96 Å². The van der Waals surface area contributed by atoms with E-state index in [0.717, 1.165) is 31.0 Å². The molecule has 27 heavy (non-hydrogen) atoms. The molecule has 0 aromatic carbocycles. The van der Waals surface area contributed by atoms with Gasteiger partial charge >= 0.3 is 0 Å². The molecule has 1 aliphatic rings. The number of likely N-dealkylation sites (N-methyl/N-ethyl adjacent to an activating group) is 1. The van der Waals surface area contributed by atoms with E-state index in [2.05, 4.69) is 37.6 Å². The van der Waals surface area contributed by atoms with E-state index in [1.54, 1.807) is 17.8 Å². The van der Waals surface area contributed by atoms with E-state index in [4.69, 9.17) is 0 Å². The minimum atomic E-state index is -1.03. The van der Waals surface area contributed by atoms with Gasteiger partial charge in [-0.25, -0.2) is 4.99 Å². The number of guanidine groups is 1. The summed E-state index contributed by atoms with van der Waals surface area (Å²) in [6.45, 7) is 11.6. The Bertz CT molecular complexity index is 576. The molecule has 0 saturated carbocycles. The molecule has 1 fully saturated rings. The zero-order valence-electron chi connectivity index (χ0n) is 17.4. The summed E-state index contributed by atoms with van der Waals surface area (Å²) in [5, 5.41) is 21.4. The maximum atomic E-state index is 10.7. The van der Waals surface area contributed by atoms with Crippen molar-refractivity contribution in [1.82, 2.24) is 30.2 Å². The van der Waals surface area contributed by atoms with Crippen LogP contribution in [0.25, 0.3) is 0 Å². The van der Waals surface area contributed by atoms with Crippen LogP contribution in [0.5, 0.6) is 0 Å². The van der Waals surface area contributed by atoms with Crippen molar-refractivity contribution < 1.29 is 5.11 Å². The summed E-state index contributed by atoms with van der Waals surface area (Å²) in [5.41, 5.74) is -0.255. The molecule has 0 radical (unpaired) electrons. The largest absolute Gasteiger partial charge is 0.383 e. The van der Waals surface area contributed by atoms with Gasteiger partial charge in [-0.05, 0) is 40.3 Å². The third-order valence-corrected chi connectivity index (χ3v) is 5.01. The van der Waals surface area contributed by atoms with Crippen LogP contribution in [0.2, 0.25) is 0 Å². The summed E-state index contributed by atoms with van der Waals surface area (Å²) in [5.74, 6) is 0.751. The standard InChI is InChI=1S/C19H37N7O/c1-5-20-18(22-16-19(2,27)17-14-23-25(4)15-17)21-8-6-7-9-26-12-10-24(3)11-13-26/h14-15,27H,5-13,16H2,1-4H3,(H2,20,21,22). The molecule has 8 nitrogen and oxygen atoms in total. The van der Waals surface area contributed by atoms with Crippen molar-refractivity contribution in [2.24, 2.45) is 12.0 Å². The molecular formula is C19H37N7O. The Morgan fingerprint density at radius 3 is 2.59 bits per heavy atom. The number of piperazine rings is 1. The van der Waals surface area contributed by atoms with E-state index in [0.29, 0.717) is 0 Å². The molecule has 3 N–H and O–H groups in total. The van der Waals surface area contributed by atoms with Crippen LogP contribution in [0.3, 0.4) is 0 Å². The lowest BCUT2D eigenvalue weighted by Gasteiger charge is -2.32. The molecule has 154 valence electrons. The number of aliphatic imine (C=N–C) groups is 1. The van der Waals surface area contributed by atoms with Crippen molar-refractivity contribution in [1.29, 1.82) is 0 Å². The van der Waals surface area contributed by atoms with Crippen LogP contribution in [-0.4, -0.2) is 90.1 Å². The zero-order valence-corrected chi connectivity index (χ0v) is 17.4. The van der Waals surface area contributed by atoms with Crippen LogP contribution >= 0.6 is 0 Å². The molecule has 1 aromatic heterocycles. The summed E-state index contributed by atoms with van der Waals surface area (Å²) >= 11 is 0. The quantitative estimate of drug-likeness (QED) is 0.323. The molecule has 1 saturated heterocycles. The number of unbranched alkanes of at least 4 members (excludes halogenated alkanes) is 1. The van der Waals surface area contributed by atoms with Gasteiger partial charge in [-0.2, -0.15) is 5.10 Å². The lowest BCUT2D eigenvalue weighted by molar-refractivity contribution is 0.0672. The third-order valence-electron chi connectivity index (χ3n) is 5.01. The molecule has 0 spiro atoms. The second-order valence-corrected chi connectivity index (χ2v) is 7.65. The van der Waals surface area contributed by atoms with Crippen molar-refractivity contribution in [3.8, 4) is 0 Å². The minimum absolute atomic E-state index is 0.287. The Morgan fingerprint density at radius 1 is 1.22 bits per heavy atom. The number of hydrogen-bond acceptors (Lipinski definition) is 5. The normalized spacial score (nSPS) is 19.1. The Hall–Kier alpha value is -1.64. The van der Waals surface area contributed by atoms with E-state index in [-0.39, 0.29) is 6.54 Å². The first-order chi connectivity index (χ1) is 12.9. The Balaban J connectivity index is 1.71. The Labute approximate surface area is 163 Å². The van der Waals surface area contributed by atoms with Gasteiger partial charge in [0.2, 0.25) is 0 Å². The van der Waals surface area contributed by atoms with Crippen LogP contribution in [0.15, 0.2) is 17.4 Å². The van der Waals surface area contributed by atoms with Crippen LogP contribution in [0, 0.1) is 0 Å². The van der Waals surface area contributed by atoms with Gasteiger partial charge in [-0.1, -0.05) is 0 Å². The summed E-state index contributed by atoms with van der Waals surface area (Å²) in [7, 11) is 4.03. The molecule has 0 aliphatic carbocycles. The predicted octanol–water partition coefficient (Wildman–Crippen LogP) is 0.210. The van der Waals surface area contributed by atoms with Crippen molar-refractivity contribution in [3.05, 3.63) is 18.0 Å². The summed E-state index contributed by atoms with van der Waals surface area (Å²) in [6.07, 6.45) is 5.81.